The number of halogens is 3. The van der Waals surface area contributed by atoms with Crippen molar-refractivity contribution in [1.29, 1.82) is 0 Å². The molecule has 0 fully saturated rings. The minimum absolute atomic E-state index is 0.0288. The van der Waals surface area contributed by atoms with E-state index in [0.717, 1.165) is 17.7 Å². The van der Waals surface area contributed by atoms with E-state index < -0.39 is 29.0 Å². The molecule has 132 valence electrons. The van der Waals surface area contributed by atoms with Crippen molar-refractivity contribution < 1.29 is 18.0 Å². The molecule has 1 amide bonds. The predicted molar refractivity (Wildman–Crippen MR) is 87.9 cm³/mol. The summed E-state index contributed by atoms with van der Waals surface area (Å²) in [6.45, 7) is 0.444. The number of nitrogens with zero attached hydrogens (tertiary/aromatic N) is 3. The van der Waals surface area contributed by atoms with E-state index in [4.69, 9.17) is 0 Å². The first kappa shape index (κ1) is 17.3. The van der Waals surface area contributed by atoms with Gasteiger partial charge >= 0.3 is 0 Å². The highest BCUT2D eigenvalue weighted by atomic mass is 19.2. The van der Waals surface area contributed by atoms with Crippen LogP contribution in [0.25, 0.3) is 0 Å². The van der Waals surface area contributed by atoms with E-state index in [0.29, 0.717) is 6.54 Å². The summed E-state index contributed by atoms with van der Waals surface area (Å²) >= 11 is 0. The van der Waals surface area contributed by atoms with Gasteiger partial charge in [-0.05, 0) is 23.8 Å². The van der Waals surface area contributed by atoms with Crippen LogP contribution in [0.1, 0.15) is 15.9 Å². The molecule has 0 spiro atoms. The van der Waals surface area contributed by atoms with Crippen LogP contribution < -0.4 is 10.6 Å². The molecule has 2 aromatic heterocycles. The predicted octanol–water partition coefficient (Wildman–Crippen LogP) is 3.15. The lowest BCUT2D eigenvalue weighted by atomic mass is 10.2. The van der Waals surface area contributed by atoms with Crippen LogP contribution in [0.3, 0.4) is 0 Å². The molecule has 26 heavy (non-hydrogen) atoms. The first-order chi connectivity index (χ1) is 12.5. The van der Waals surface area contributed by atoms with Crippen LogP contribution in [-0.2, 0) is 6.54 Å². The third kappa shape index (κ3) is 3.94. The maximum absolute atomic E-state index is 13.6. The Morgan fingerprint density at radius 1 is 1.00 bits per heavy atom. The Labute approximate surface area is 146 Å². The van der Waals surface area contributed by atoms with Crippen LogP contribution in [0.15, 0.2) is 49.1 Å². The lowest BCUT2D eigenvalue weighted by Gasteiger charge is -2.08. The minimum Gasteiger partial charge on any atom is -0.350 e. The fourth-order valence-electron chi connectivity index (χ4n) is 2.04. The van der Waals surface area contributed by atoms with Crippen molar-refractivity contribution in [2.24, 2.45) is 0 Å². The molecule has 9 heteroatoms. The van der Waals surface area contributed by atoms with Crippen molar-refractivity contribution in [3.63, 3.8) is 0 Å². The van der Waals surface area contributed by atoms with E-state index in [-0.39, 0.29) is 11.5 Å². The van der Waals surface area contributed by atoms with E-state index >= 15 is 0 Å². The zero-order valence-corrected chi connectivity index (χ0v) is 13.2. The summed E-state index contributed by atoms with van der Waals surface area (Å²) < 4.78 is 39.7. The SMILES string of the molecule is O=C(Nc1ccc(F)c(F)c1F)c1cnc(NCc2cccnc2)nc1. The summed E-state index contributed by atoms with van der Waals surface area (Å²) in [7, 11) is 0. The fraction of sp³-hybridized carbons (Fsp3) is 0.0588. The average Bonchev–Trinajstić information content (AvgIpc) is 2.68. The van der Waals surface area contributed by atoms with Crippen molar-refractivity contribution in [3.05, 3.63) is 77.6 Å². The number of hydrogen-bond acceptors (Lipinski definition) is 5. The van der Waals surface area contributed by atoms with Gasteiger partial charge in [0.25, 0.3) is 5.91 Å². The van der Waals surface area contributed by atoms with Crippen LogP contribution in [0.4, 0.5) is 24.8 Å². The molecule has 3 aromatic rings. The molecule has 0 unspecified atom stereocenters. The van der Waals surface area contributed by atoms with Crippen LogP contribution in [-0.4, -0.2) is 20.9 Å². The summed E-state index contributed by atoms with van der Waals surface area (Å²) in [5.74, 6) is -4.95. The number of rotatable bonds is 5. The maximum atomic E-state index is 13.6. The summed E-state index contributed by atoms with van der Waals surface area (Å²) in [6.07, 6.45) is 5.80. The first-order valence-electron chi connectivity index (χ1n) is 7.44. The highest BCUT2D eigenvalue weighted by molar-refractivity contribution is 6.03. The van der Waals surface area contributed by atoms with E-state index in [1.807, 2.05) is 6.07 Å². The van der Waals surface area contributed by atoms with Crippen LogP contribution in [0.2, 0.25) is 0 Å². The molecule has 0 saturated carbocycles. The summed E-state index contributed by atoms with van der Waals surface area (Å²) in [6, 6.07) is 5.31. The number of amides is 1. The minimum atomic E-state index is -1.66. The molecule has 2 N–H and O–H groups in total. The number of nitrogens with one attached hydrogen (secondary N) is 2. The van der Waals surface area contributed by atoms with Gasteiger partial charge in [0.2, 0.25) is 5.95 Å². The lowest BCUT2D eigenvalue weighted by molar-refractivity contribution is 0.102. The van der Waals surface area contributed by atoms with Gasteiger partial charge in [-0.15, -0.1) is 0 Å². The number of benzene rings is 1. The zero-order chi connectivity index (χ0) is 18.5. The van der Waals surface area contributed by atoms with E-state index in [2.05, 4.69) is 25.6 Å². The molecular formula is C17H12F3N5O. The third-order valence-electron chi connectivity index (χ3n) is 3.37. The van der Waals surface area contributed by atoms with Gasteiger partial charge in [-0.2, -0.15) is 0 Å². The van der Waals surface area contributed by atoms with Crippen LogP contribution in [0, 0.1) is 17.5 Å². The molecule has 0 atom stereocenters. The van der Waals surface area contributed by atoms with Crippen molar-refractivity contribution in [1.82, 2.24) is 15.0 Å². The summed E-state index contributed by atoms with van der Waals surface area (Å²) in [5.41, 5.74) is 0.473. The second-order valence-corrected chi connectivity index (χ2v) is 5.19. The zero-order valence-electron chi connectivity index (χ0n) is 13.2. The molecule has 0 aliphatic rings. The molecule has 0 aliphatic carbocycles. The lowest BCUT2D eigenvalue weighted by Crippen LogP contribution is -2.15. The summed E-state index contributed by atoms with van der Waals surface area (Å²) in [4.78, 5) is 24.0. The van der Waals surface area contributed by atoms with E-state index in [1.54, 1.807) is 18.5 Å². The van der Waals surface area contributed by atoms with Crippen molar-refractivity contribution >= 4 is 17.5 Å². The van der Waals surface area contributed by atoms with Gasteiger partial charge in [0.15, 0.2) is 17.5 Å². The number of hydrogen-bond donors (Lipinski definition) is 2. The Hall–Kier alpha value is -3.49. The van der Waals surface area contributed by atoms with Crippen LogP contribution >= 0.6 is 0 Å². The highest BCUT2D eigenvalue weighted by Crippen LogP contribution is 2.20. The largest absolute Gasteiger partial charge is 0.350 e. The van der Waals surface area contributed by atoms with Crippen molar-refractivity contribution in [3.8, 4) is 0 Å². The second-order valence-electron chi connectivity index (χ2n) is 5.19. The Morgan fingerprint density at radius 3 is 2.46 bits per heavy atom. The van der Waals surface area contributed by atoms with E-state index in [9.17, 15) is 18.0 Å². The first-order valence-corrected chi connectivity index (χ1v) is 7.44. The van der Waals surface area contributed by atoms with Crippen molar-refractivity contribution in [2.45, 2.75) is 6.54 Å². The van der Waals surface area contributed by atoms with Crippen LogP contribution in [0.5, 0.6) is 0 Å². The highest BCUT2D eigenvalue weighted by Gasteiger charge is 2.16. The van der Waals surface area contributed by atoms with Crippen molar-refractivity contribution in [2.75, 3.05) is 10.6 Å². The number of pyridine rings is 1. The van der Waals surface area contributed by atoms with Gasteiger partial charge in [-0.3, -0.25) is 9.78 Å². The Kier molecular flexibility index (Phi) is 5.07. The normalized spacial score (nSPS) is 10.4. The molecule has 0 aliphatic heterocycles. The number of carbonyl (C=O) groups is 1. The molecule has 0 radical (unpaired) electrons. The Balaban J connectivity index is 1.64. The third-order valence-corrected chi connectivity index (χ3v) is 3.37. The quantitative estimate of drug-likeness (QED) is 0.684. The fourth-order valence-corrected chi connectivity index (χ4v) is 2.04. The smallest absolute Gasteiger partial charge is 0.258 e. The molecular weight excluding hydrogens is 347 g/mol. The van der Waals surface area contributed by atoms with Gasteiger partial charge in [0, 0.05) is 31.3 Å². The molecule has 3 rings (SSSR count). The number of aromatic nitrogens is 3. The molecule has 1 aromatic carbocycles. The van der Waals surface area contributed by atoms with Gasteiger partial charge in [0.05, 0.1) is 11.3 Å². The average molecular weight is 359 g/mol. The van der Waals surface area contributed by atoms with Gasteiger partial charge < -0.3 is 10.6 Å². The topological polar surface area (TPSA) is 79.8 Å². The monoisotopic (exact) mass is 359 g/mol. The van der Waals surface area contributed by atoms with Gasteiger partial charge in [0.1, 0.15) is 0 Å². The molecule has 2 heterocycles. The number of carbonyl (C=O) groups excluding carboxylic acids is 1. The standard InChI is InChI=1S/C17H12F3N5O/c18-12-3-4-13(15(20)14(12)19)25-16(26)11-8-23-17(24-9-11)22-7-10-2-1-5-21-6-10/h1-6,8-9H,7H2,(H,25,26)(H,22,23,24). The van der Waals surface area contributed by atoms with Gasteiger partial charge in [-0.25, -0.2) is 23.1 Å². The number of anilines is 2. The molecule has 0 bridgehead atoms. The van der Waals surface area contributed by atoms with Gasteiger partial charge in [-0.1, -0.05) is 6.07 Å². The Morgan fingerprint density at radius 2 is 1.77 bits per heavy atom. The summed E-state index contributed by atoms with van der Waals surface area (Å²) in [5, 5.41) is 5.10. The maximum Gasteiger partial charge on any atom is 0.258 e. The molecule has 6 nitrogen and oxygen atoms in total. The Bertz CT molecular complexity index is 920. The van der Waals surface area contributed by atoms with E-state index in [1.165, 1.54) is 12.4 Å². The second kappa shape index (κ2) is 7.60. The molecule has 0 saturated heterocycles.